The van der Waals surface area contributed by atoms with Crippen molar-refractivity contribution in [1.29, 1.82) is 0 Å². The van der Waals surface area contributed by atoms with Gasteiger partial charge in [-0.25, -0.2) is 0 Å². The second-order valence-corrected chi connectivity index (χ2v) is 6.75. The molecule has 22 heavy (non-hydrogen) atoms. The van der Waals surface area contributed by atoms with Crippen LogP contribution in [0.3, 0.4) is 0 Å². The van der Waals surface area contributed by atoms with Crippen LogP contribution in [0, 0.1) is 5.92 Å². The fourth-order valence-corrected chi connectivity index (χ4v) is 2.92. The lowest BCUT2D eigenvalue weighted by molar-refractivity contribution is -0.141. The Morgan fingerprint density at radius 3 is 2.77 bits per heavy atom. The summed E-state index contributed by atoms with van der Waals surface area (Å²) in [7, 11) is 1.61. The quantitative estimate of drug-likeness (QED) is 0.861. The van der Waals surface area contributed by atoms with Gasteiger partial charge in [-0.3, -0.25) is 9.59 Å². The molecule has 0 aliphatic carbocycles. The topological polar surface area (TPSA) is 60.9 Å². The molecule has 5 nitrogen and oxygen atoms in total. The Morgan fingerprint density at radius 2 is 2.18 bits per heavy atom. The number of benzene rings is 1. The summed E-state index contributed by atoms with van der Waals surface area (Å²) in [6, 6.07) is 7.04. The molecule has 1 aromatic carbocycles. The van der Waals surface area contributed by atoms with Gasteiger partial charge in [0, 0.05) is 30.8 Å². The van der Waals surface area contributed by atoms with Crippen LogP contribution in [0.4, 0.5) is 5.69 Å². The molecule has 1 saturated heterocycles. The van der Waals surface area contributed by atoms with Gasteiger partial charge in [0.1, 0.15) is 5.92 Å². The zero-order valence-electron chi connectivity index (χ0n) is 13.0. The molecule has 0 bridgehead atoms. The Hall–Kier alpha value is -1.59. The summed E-state index contributed by atoms with van der Waals surface area (Å²) in [6.45, 7) is 3.94. The fraction of sp³-hybridized carbons (Fsp3) is 0.500. The van der Waals surface area contributed by atoms with E-state index in [4.69, 9.17) is 11.6 Å². The summed E-state index contributed by atoms with van der Waals surface area (Å²) in [5.41, 5.74) is -0.281. The molecule has 2 amide bonds. The first kappa shape index (κ1) is 16.8. The van der Waals surface area contributed by atoms with Crippen LogP contribution < -0.4 is 4.90 Å². The molecule has 1 atom stereocenters. The Balaban J connectivity index is 2.09. The van der Waals surface area contributed by atoms with Gasteiger partial charge in [-0.15, -0.1) is 0 Å². The zero-order valence-corrected chi connectivity index (χ0v) is 13.8. The highest BCUT2D eigenvalue weighted by Gasteiger charge is 2.39. The van der Waals surface area contributed by atoms with Crippen molar-refractivity contribution in [3.8, 4) is 0 Å². The van der Waals surface area contributed by atoms with E-state index < -0.39 is 11.5 Å². The Bertz CT molecular complexity index is 583. The van der Waals surface area contributed by atoms with Crippen molar-refractivity contribution >= 4 is 29.1 Å². The lowest BCUT2D eigenvalue weighted by Crippen LogP contribution is -2.44. The standard InChI is InChI=1S/C16H21ClN2O3/c1-16(2,22)10-18(3)14(20)13-7-8-19(15(13)21)12-6-4-5-11(17)9-12/h4-6,9,13,22H,7-8,10H2,1-3H3. The maximum absolute atomic E-state index is 12.5. The number of halogens is 1. The van der Waals surface area contributed by atoms with E-state index in [2.05, 4.69) is 0 Å². The summed E-state index contributed by atoms with van der Waals surface area (Å²) in [6.07, 6.45) is 0.473. The lowest BCUT2D eigenvalue weighted by atomic mass is 10.0. The number of hydrogen-bond donors (Lipinski definition) is 1. The number of amides is 2. The van der Waals surface area contributed by atoms with Gasteiger partial charge in [0.05, 0.1) is 5.60 Å². The van der Waals surface area contributed by atoms with Crippen molar-refractivity contribution in [2.45, 2.75) is 25.9 Å². The van der Waals surface area contributed by atoms with Gasteiger partial charge in [-0.05, 0) is 38.5 Å². The van der Waals surface area contributed by atoms with Gasteiger partial charge >= 0.3 is 0 Å². The minimum atomic E-state index is -0.987. The van der Waals surface area contributed by atoms with Crippen molar-refractivity contribution in [3.63, 3.8) is 0 Å². The first-order chi connectivity index (χ1) is 10.2. The van der Waals surface area contributed by atoms with Gasteiger partial charge in [0.25, 0.3) is 0 Å². The van der Waals surface area contributed by atoms with Crippen LogP contribution in [0.2, 0.25) is 5.02 Å². The van der Waals surface area contributed by atoms with E-state index in [-0.39, 0.29) is 18.4 Å². The molecule has 6 heteroatoms. The van der Waals surface area contributed by atoms with E-state index >= 15 is 0 Å². The first-order valence-corrected chi connectivity index (χ1v) is 7.61. The highest BCUT2D eigenvalue weighted by Crippen LogP contribution is 2.28. The lowest BCUT2D eigenvalue weighted by Gasteiger charge is -2.27. The molecule has 1 unspecified atom stereocenters. The normalized spacial score (nSPS) is 18.7. The molecule has 1 heterocycles. The van der Waals surface area contributed by atoms with Gasteiger partial charge in [-0.1, -0.05) is 17.7 Å². The van der Waals surface area contributed by atoms with E-state index in [1.165, 1.54) is 4.90 Å². The third-order valence-electron chi connectivity index (χ3n) is 3.62. The zero-order chi connectivity index (χ0) is 16.5. The van der Waals surface area contributed by atoms with Crippen LogP contribution in [0.1, 0.15) is 20.3 Å². The second-order valence-electron chi connectivity index (χ2n) is 6.32. The van der Waals surface area contributed by atoms with Crippen molar-refractivity contribution in [3.05, 3.63) is 29.3 Å². The summed E-state index contributed by atoms with van der Waals surface area (Å²) >= 11 is 5.95. The van der Waals surface area contributed by atoms with Crippen LogP contribution >= 0.6 is 11.6 Å². The number of nitrogens with zero attached hydrogens (tertiary/aromatic N) is 2. The van der Waals surface area contributed by atoms with E-state index in [0.29, 0.717) is 23.7 Å². The van der Waals surface area contributed by atoms with Crippen LogP contribution in [0.15, 0.2) is 24.3 Å². The average molecular weight is 325 g/mol. The Labute approximate surface area is 135 Å². The van der Waals surface area contributed by atoms with Crippen molar-refractivity contribution in [1.82, 2.24) is 4.90 Å². The molecule has 0 spiro atoms. The summed E-state index contributed by atoms with van der Waals surface area (Å²) in [4.78, 5) is 27.9. The number of rotatable bonds is 4. The third-order valence-corrected chi connectivity index (χ3v) is 3.86. The predicted molar refractivity (Wildman–Crippen MR) is 85.8 cm³/mol. The summed E-state index contributed by atoms with van der Waals surface area (Å²) in [5, 5.41) is 10.4. The smallest absolute Gasteiger partial charge is 0.239 e. The van der Waals surface area contributed by atoms with Crippen molar-refractivity contribution in [2.75, 3.05) is 25.0 Å². The van der Waals surface area contributed by atoms with Gasteiger partial charge < -0.3 is 14.9 Å². The molecule has 1 aromatic rings. The minimum Gasteiger partial charge on any atom is -0.389 e. The van der Waals surface area contributed by atoms with Crippen LogP contribution in [-0.4, -0.2) is 47.6 Å². The SMILES string of the molecule is CN(CC(C)(C)O)C(=O)C1CCN(c2cccc(Cl)c2)C1=O. The molecular weight excluding hydrogens is 304 g/mol. The van der Waals surface area contributed by atoms with Crippen molar-refractivity contribution in [2.24, 2.45) is 5.92 Å². The number of likely N-dealkylation sites (N-methyl/N-ethyl adjacent to an activating group) is 1. The Kier molecular flexibility index (Phi) is 4.78. The molecule has 2 rings (SSSR count). The molecule has 1 N–H and O–H groups in total. The number of aliphatic hydroxyl groups is 1. The minimum absolute atomic E-state index is 0.187. The fourth-order valence-electron chi connectivity index (χ4n) is 2.73. The Morgan fingerprint density at radius 1 is 1.50 bits per heavy atom. The van der Waals surface area contributed by atoms with Crippen molar-refractivity contribution < 1.29 is 14.7 Å². The number of carbonyl (C=O) groups excluding carboxylic acids is 2. The third kappa shape index (κ3) is 3.78. The van der Waals surface area contributed by atoms with Gasteiger partial charge in [0.2, 0.25) is 11.8 Å². The van der Waals surface area contributed by atoms with Crippen LogP contribution in [-0.2, 0) is 9.59 Å². The van der Waals surface area contributed by atoms with Crippen LogP contribution in [0.25, 0.3) is 0 Å². The average Bonchev–Trinajstić information content (AvgIpc) is 2.77. The molecule has 1 fully saturated rings. The van der Waals surface area contributed by atoms with Gasteiger partial charge in [-0.2, -0.15) is 0 Å². The van der Waals surface area contributed by atoms with Crippen LogP contribution in [0.5, 0.6) is 0 Å². The number of carbonyl (C=O) groups is 2. The molecule has 0 radical (unpaired) electrons. The highest BCUT2D eigenvalue weighted by atomic mass is 35.5. The largest absolute Gasteiger partial charge is 0.389 e. The van der Waals surface area contributed by atoms with E-state index in [1.807, 2.05) is 0 Å². The molecule has 1 aliphatic rings. The number of anilines is 1. The summed E-state index contributed by atoms with van der Waals surface area (Å²) < 4.78 is 0. The maximum Gasteiger partial charge on any atom is 0.239 e. The number of hydrogen-bond acceptors (Lipinski definition) is 3. The molecular formula is C16H21ClN2O3. The van der Waals surface area contributed by atoms with E-state index in [9.17, 15) is 14.7 Å². The first-order valence-electron chi connectivity index (χ1n) is 7.23. The molecule has 1 aliphatic heterocycles. The second kappa shape index (κ2) is 6.26. The molecule has 120 valence electrons. The predicted octanol–water partition coefficient (Wildman–Crippen LogP) is 1.92. The maximum atomic E-state index is 12.5. The highest BCUT2D eigenvalue weighted by molar-refractivity contribution is 6.31. The van der Waals surface area contributed by atoms with E-state index in [1.54, 1.807) is 50.1 Å². The van der Waals surface area contributed by atoms with Gasteiger partial charge in [0.15, 0.2) is 0 Å². The van der Waals surface area contributed by atoms with E-state index in [0.717, 1.165) is 0 Å². The molecule has 0 aromatic heterocycles. The molecule has 0 saturated carbocycles. The monoisotopic (exact) mass is 324 g/mol. The summed E-state index contributed by atoms with van der Waals surface area (Å²) in [5.74, 6) is -1.15.